The SMILES string of the molecule is COCCCn1c(SCC(=O)Nc2ccc(C)c([N+](=O)[O-])c2)n[nH]c1=O. The monoisotopic (exact) mass is 381 g/mol. The molecule has 2 N–H and O–H groups in total. The number of nitrogens with one attached hydrogen (secondary N) is 2. The van der Waals surface area contributed by atoms with Crippen LogP contribution in [0.3, 0.4) is 0 Å². The molecule has 1 aromatic carbocycles. The van der Waals surface area contributed by atoms with Crippen molar-refractivity contribution >= 4 is 29.0 Å². The van der Waals surface area contributed by atoms with Gasteiger partial charge in [-0.25, -0.2) is 9.89 Å². The van der Waals surface area contributed by atoms with Crippen LogP contribution in [0, 0.1) is 17.0 Å². The first-order valence-corrected chi connectivity index (χ1v) is 8.72. The Bertz CT molecular complexity index is 847. The second kappa shape index (κ2) is 9.15. The first-order valence-electron chi connectivity index (χ1n) is 7.74. The highest BCUT2D eigenvalue weighted by molar-refractivity contribution is 7.99. The quantitative estimate of drug-likeness (QED) is 0.291. The topological polar surface area (TPSA) is 132 Å². The number of hydrogen-bond acceptors (Lipinski definition) is 7. The second-order valence-corrected chi connectivity index (χ2v) is 6.35. The van der Waals surface area contributed by atoms with Crippen LogP contribution in [0.5, 0.6) is 0 Å². The van der Waals surface area contributed by atoms with E-state index in [4.69, 9.17) is 4.74 Å². The summed E-state index contributed by atoms with van der Waals surface area (Å²) in [5, 5.41) is 20.2. The third-order valence-electron chi connectivity index (χ3n) is 3.48. The summed E-state index contributed by atoms with van der Waals surface area (Å²) in [6.07, 6.45) is 0.642. The van der Waals surface area contributed by atoms with Crippen LogP contribution in [-0.4, -0.2) is 45.1 Å². The first-order chi connectivity index (χ1) is 12.4. The van der Waals surface area contributed by atoms with Gasteiger partial charge in [-0.1, -0.05) is 17.8 Å². The Kier molecular flexibility index (Phi) is 6.92. The van der Waals surface area contributed by atoms with E-state index in [0.29, 0.717) is 36.0 Å². The number of rotatable bonds is 9. The molecule has 0 fully saturated rings. The Morgan fingerprint density at radius 1 is 1.50 bits per heavy atom. The van der Waals surface area contributed by atoms with Gasteiger partial charge in [0.05, 0.1) is 10.7 Å². The fourth-order valence-corrected chi connectivity index (χ4v) is 2.96. The molecule has 0 saturated carbocycles. The number of thioether (sulfide) groups is 1. The van der Waals surface area contributed by atoms with E-state index in [0.717, 1.165) is 11.8 Å². The maximum Gasteiger partial charge on any atom is 0.343 e. The molecule has 1 amide bonds. The van der Waals surface area contributed by atoms with E-state index in [1.54, 1.807) is 26.2 Å². The zero-order valence-corrected chi connectivity index (χ0v) is 15.2. The lowest BCUT2D eigenvalue weighted by atomic mass is 10.2. The summed E-state index contributed by atoms with van der Waals surface area (Å²) in [6, 6.07) is 4.48. The third kappa shape index (κ3) is 5.17. The Labute approximate surface area is 153 Å². The molecule has 0 radical (unpaired) electrons. The second-order valence-electron chi connectivity index (χ2n) is 5.40. The molecule has 2 aromatic rings. The number of amides is 1. The molecule has 0 atom stereocenters. The van der Waals surface area contributed by atoms with Crippen LogP contribution in [0.1, 0.15) is 12.0 Å². The van der Waals surface area contributed by atoms with Crippen LogP contribution in [0.15, 0.2) is 28.2 Å². The number of nitrogens with zero attached hydrogens (tertiary/aromatic N) is 3. The van der Waals surface area contributed by atoms with Crippen LogP contribution in [0.2, 0.25) is 0 Å². The highest BCUT2D eigenvalue weighted by atomic mass is 32.2. The molecule has 2 rings (SSSR count). The molecule has 26 heavy (non-hydrogen) atoms. The minimum absolute atomic E-state index is 0.0102. The van der Waals surface area contributed by atoms with Gasteiger partial charge in [-0.3, -0.25) is 19.5 Å². The Morgan fingerprint density at radius 3 is 2.96 bits per heavy atom. The van der Waals surface area contributed by atoms with E-state index >= 15 is 0 Å². The van der Waals surface area contributed by atoms with Crippen LogP contribution < -0.4 is 11.0 Å². The van der Waals surface area contributed by atoms with Crippen molar-refractivity contribution in [2.45, 2.75) is 25.0 Å². The van der Waals surface area contributed by atoms with Gasteiger partial charge in [-0.05, 0) is 19.4 Å². The van der Waals surface area contributed by atoms with Crippen LogP contribution >= 0.6 is 11.8 Å². The van der Waals surface area contributed by atoms with Crippen LogP contribution in [-0.2, 0) is 16.1 Å². The fraction of sp³-hybridized carbons (Fsp3) is 0.400. The van der Waals surface area contributed by atoms with Gasteiger partial charge in [0.25, 0.3) is 5.69 Å². The molecular weight excluding hydrogens is 362 g/mol. The summed E-state index contributed by atoms with van der Waals surface area (Å²) in [7, 11) is 1.58. The molecular formula is C15H19N5O5S. The van der Waals surface area contributed by atoms with Gasteiger partial charge in [0, 0.05) is 37.6 Å². The normalized spacial score (nSPS) is 10.7. The van der Waals surface area contributed by atoms with E-state index in [2.05, 4.69) is 15.5 Å². The number of carbonyl (C=O) groups excluding carboxylic acids is 1. The molecule has 0 spiro atoms. The number of benzene rings is 1. The average molecular weight is 381 g/mol. The molecule has 1 heterocycles. The van der Waals surface area contributed by atoms with Gasteiger partial charge in [0.2, 0.25) is 5.91 Å². The van der Waals surface area contributed by atoms with Crippen molar-refractivity contribution in [1.82, 2.24) is 14.8 Å². The van der Waals surface area contributed by atoms with Crippen molar-refractivity contribution < 1.29 is 14.5 Å². The maximum atomic E-state index is 12.1. The molecule has 0 unspecified atom stereocenters. The van der Waals surface area contributed by atoms with E-state index < -0.39 is 4.92 Å². The van der Waals surface area contributed by atoms with E-state index in [-0.39, 0.29) is 23.0 Å². The molecule has 0 saturated heterocycles. The van der Waals surface area contributed by atoms with Gasteiger partial charge in [-0.15, -0.1) is 5.10 Å². The number of hydrogen-bond donors (Lipinski definition) is 2. The van der Waals surface area contributed by atoms with Crippen molar-refractivity contribution in [2.75, 3.05) is 24.8 Å². The number of aromatic amines is 1. The number of H-pyrrole nitrogens is 1. The molecule has 0 aliphatic heterocycles. The van der Waals surface area contributed by atoms with Crippen molar-refractivity contribution in [3.63, 3.8) is 0 Å². The van der Waals surface area contributed by atoms with Crippen LogP contribution in [0.4, 0.5) is 11.4 Å². The van der Waals surface area contributed by atoms with Crippen LogP contribution in [0.25, 0.3) is 0 Å². The number of anilines is 1. The minimum Gasteiger partial charge on any atom is -0.385 e. The van der Waals surface area contributed by atoms with Gasteiger partial charge in [0.1, 0.15) is 0 Å². The summed E-state index contributed by atoms with van der Waals surface area (Å²) in [5.41, 5.74) is 0.444. The van der Waals surface area contributed by atoms with Crippen molar-refractivity contribution in [3.8, 4) is 0 Å². The summed E-state index contributed by atoms with van der Waals surface area (Å²) in [6.45, 7) is 2.56. The van der Waals surface area contributed by atoms with Crippen molar-refractivity contribution in [1.29, 1.82) is 0 Å². The molecule has 0 aliphatic carbocycles. The zero-order valence-electron chi connectivity index (χ0n) is 14.4. The fourth-order valence-electron chi connectivity index (χ4n) is 2.19. The Balaban J connectivity index is 1.96. The number of carbonyl (C=O) groups is 1. The molecule has 0 bridgehead atoms. The summed E-state index contributed by atoms with van der Waals surface area (Å²) in [5.74, 6) is -0.344. The number of methoxy groups -OCH3 is 1. The van der Waals surface area contributed by atoms with Gasteiger partial charge < -0.3 is 10.1 Å². The lowest BCUT2D eigenvalue weighted by Gasteiger charge is -2.07. The number of nitro benzene ring substituents is 1. The Hall–Kier alpha value is -2.66. The predicted molar refractivity (Wildman–Crippen MR) is 96.5 cm³/mol. The number of aromatic nitrogens is 3. The summed E-state index contributed by atoms with van der Waals surface area (Å²) < 4.78 is 6.39. The maximum absolute atomic E-state index is 12.1. The van der Waals surface area contributed by atoms with E-state index in [1.165, 1.54) is 10.6 Å². The smallest absolute Gasteiger partial charge is 0.343 e. The van der Waals surface area contributed by atoms with Crippen molar-refractivity contribution in [2.24, 2.45) is 0 Å². The zero-order chi connectivity index (χ0) is 19.1. The van der Waals surface area contributed by atoms with Gasteiger partial charge >= 0.3 is 5.69 Å². The van der Waals surface area contributed by atoms with Gasteiger partial charge in [-0.2, -0.15) is 0 Å². The lowest BCUT2D eigenvalue weighted by Crippen LogP contribution is -2.19. The third-order valence-corrected chi connectivity index (χ3v) is 4.45. The lowest BCUT2D eigenvalue weighted by molar-refractivity contribution is -0.385. The van der Waals surface area contributed by atoms with E-state index in [9.17, 15) is 19.7 Å². The summed E-state index contributed by atoms with van der Waals surface area (Å²) in [4.78, 5) is 34.3. The average Bonchev–Trinajstić information content (AvgIpc) is 2.95. The number of ether oxygens (including phenoxy) is 1. The number of nitro groups is 1. The largest absolute Gasteiger partial charge is 0.385 e. The molecule has 1 aromatic heterocycles. The number of aryl methyl sites for hydroxylation is 1. The summed E-state index contributed by atoms with van der Waals surface area (Å²) >= 11 is 1.10. The molecule has 11 heteroatoms. The predicted octanol–water partition coefficient (Wildman–Crippen LogP) is 1.56. The molecule has 0 aliphatic rings. The standard InChI is InChI=1S/C15H19N5O5S/c1-10-4-5-11(8-12(10)20(23)24)16-13(21)9-26-15-18-17-14(22)19(15)6-3-7-25-2/h4-5,8H,3,6-7,9H2,1-2H3,(H,16,21)(H,17,22). The first kappa shape index (κ1) is 19.7. The molecule has 10 nitrogen and oxygen atoms in total. The Morgan fingerprint density at radius 2 is 2.27 bits per heavy atom. The van der Waals surface area contributed by atoms with Gasteiger partial charge in [0.15, 0.2) is 5.16 Å². The van der Waals surface area contributed by atoms with E-state index in [1.807, 2.05) is 0 Å². The highest BCUT2D eigenvalue weighted by Gasteiger charge is 2.14. The minimum atomic E-state index is -0.498. The van der Waals surface area contributed by atoms with Crippen molar-refractivity contribution in [3.05, 3.63) is 44.4 Å². The highest BCUT2D eigenvalue weighted by Crippen LogP contribution is 2.22. The molecule has 140 valence electrons.